The summed E-state index contributed by atoms with van der Waals surface area (Å²) < 4.78 is 0. The van der Waals surface area contributed by atoms with Crippen molar-refractivity contribution in [3.05, 3.63) is 23.9 Å². The Labute approximate surface area is 142 Å². The summed E-state index contributed by atoms with van der Waals surface area (Å²) >= 11 is 0. The van der Waals surface area contributed by atoms with Crippen LogP contribution in [0.3, 0.4) is 0 Å². The molecular weight excluding hydrogens is 304 g/mol. The lowest BCUT2D eigenvalue weighted by atomic mass is 9.94. The van der Waals surface area contributed by atoms with E-state index < -0.39 is 0 Å². The zero-order chi connectivity index (χ0) is 17.1. The molecule has 2 heterocycles. The number of carbonyl (C=O) groups is 2. The van der Waals surface area contributed by atoms with Crippen LogP contribution in [0.5, 0.6) is 0 Å². The number of anilines is 1. The molecule has 2 amide bonds. The Balaban J connectivity index is 1.48. The summed E-state index contributed by atoms with van der Waals surface area (Å²) in [5.41, 5.74) is 6.97. The summed E-state index contributed by atoms with van der Waals surface area (Å²) in [6.07, 6.45) is 5.81. The van der Waals surface area contributed by atoms with Crippen LogP contribution in [0.2, 0.25) is 0 Å². The Morgan fingerprint density at radius 3 is 2.50 bits per heavy atom. The first kappa shape index (κ1) is 16.9. The van der Waals surface area contributed by atoms with Gasteiger partial charge in [-0.3, -0.25) is 9.59 Å². The summed E-state index contributed by atoms with van der Waals surface area (Å²) in [4.78, 5) is 31.0. The average Bonchev–Trinajstić information content (AvgIpc) is 3.03. The molecule has 3 N–H and O–H groups in total. The highest BCUT2D eigenvalue weighted by atomic mass is 16.2. The number of hydrogen-bond acceptors (Lipinski definition) is 4. The third-order valence-electron chi connectivity index (χ3n) is 5.16. The number of nitrogens with two attached hydrogens (primary N) is 1. The highest BCUT2D eigenvalue weighted by Crippen LogP contribution is 2.28. The van der Waals surface area contributed by atoms with Crippen molar-refractivity contribution in [2.75, 3.05) is 18.4 Å². The van der Waals surface area contributed by atoms with E-state index >= 15 is 0 Å². The van der Waals surface area contributed by atoms with Gasteiger partial charge in [-0.25, -0.2) is 4.98 Å². The van der Waals surface area contributed by atoms with Crippen LogP contribution in [0.1, 0.15) is 37.7 Å². The van der Waals surface area contributed by atoms with Gasteiger partial charge < -0.3 is 16.0 Å². The number of aryl methyl sites for hydroxylation is 1. The molecule has 2 aliphatic rings. The minimum Gasteiger partial charge on any atom is -0.342 e. The Morgan fingerprint density at radius 1 is 1.17 bits per heavy atom. The summed E-state index contributed by atoms with van der Waals surface area (Å²) in [7, 11) is 0. The van der Waals surface area contributed by atoms with Gasteiger partial charge in [0, 0.05) is 37.2 Å². The van der Waals surface area contributed by atoms with Crippen molar-refractivity contribution in [2.24, 2.45) is 17.6 Å². The van der Waals surface area contributed by atoms with Crippen molar-refractivity contribution >= 4 is 17.6 Å². The Bertz CT molecular complexity index is 594. The van der Waals surface area contributed by atoms with Gasteiger partial charge in [0.25, 0.3) is 0 Å². The summed E-state index contributed by atoms with van der Waals surface area (Å²) in [6.45, 7) is 3.27. The molecule has 0 radical (unpaired) electrons. The molecule has 1 aliphatic carbocycles. The van der Waals surface area contributed by atoms with E-state index in [2.05, 4.69) is 10.3 Å². The predicted octanol–water partition coefficient (Wildman–Crippen LogP) is 1.69. The molecule has 2 atom stereocenters. The lowest BCUT2D eigenvalue weighted by Crippen LogP contribution is -2.43. The van der Waals surface area contributed by atoms with E-state index in [1.54, 1.807) is 6.20 Å². The molecule has 2 unspecified atom stereocenters. The summed E-state index contributed by atoms with van der Waals surface area (Å²) in [5.74, 6) is 0.845. The lowest BCUT2D eigenvalue weighted by Gasteiger charge is -2.33. The monoisotopic (exact) mass is 330 g/mol. The number of nitrogens with zero attached hydrogens (tertiary/aromatic N) is 2. The van der Waals surface area contributed by atoms with Crippen LogP contribution in [0.15, 0.2) is 18.3 Å². The van der Waals surface area contributed by atoms with Crippen LogP contribution >= 0.6 is 0 Å². The van der Waals surface area contributed by atoms with Gasteiger partial charge in [0.15, 0.2) is 0 Å². The van der Waals surface area contributed by atoms with Gasteiger partial charge in [-0.2, -0.15) is 0 Å². The maximum atomic E-state index is 12.5. The van der Waals surface area contributed by atoms with E-state index in [0.29, 0.717) is 31.7 Å². The van der Waals surface area contributed by atoms with Gasteiger partial charge in [-0.05, 0) is 50.7 Å². The van der Waals surface area contributed by atoms with Gasteiger partial charge >= 0.3 is 0 Å². The second kappa shape index (κ2) is 7.30. The molecular formula is C18H26N4O2. The van der Waals surface area contributed by atoms with Crippen molar-refractivity contribution in [1.29, 1.82) is 0 Å². The number of rotatable bonds is 3. The zero-order valence-electron chi connectivity index (χ0n) is 14.2. The number of nitrogens with one attached hydrogen (secondary N) is 1. The van der Waals surface area contributed by atoms with Gasteiger partial charge in [-0.1, -0.05) is 6.07 Å². The van der Waals surface area contributed by atoms with Gasteiger partial charge in [-0.15, -0.1) is 0 Å². The van der Waals surface area contributed by atoms with Crippen LogP contribution < -0.4 is 11.1 Å². The van der Waals surface area contributed by atoms with Crippen LogP contribution in [0, 0.1) is 18.8 Å². The van der Waals surface area contributed by atoms with Crippen LogP contribution in [-0.4, -0.2) is 40.8 Å². The van der Waals surface area contributed by atoms with E-state index in [4.69, 9.17) is 5.73 Å². The second-order valence-corrected chi connectivity index (χ2v) is 7.08. The number of likely N-dealkylation sites (tertiary alicyclic amines) is 1. The molecule has 0 aromatic carbocycles. The van der Waals surface area contributed by atoms with Crippen molar-refractivity contribution in [2.45, 2.75) is 45.1 Å². The standard InChI is InChI=1S/C18H26N4O2/c1-12-2-5-16(20-11-12)21-17(23)13-6-8-22(9-7-13)18(24)14-3-4-15(19)10-14/h2,5,11,13-15H,3-4,6-10,19H2,1H3,(H,20,21,23). The fourth-order valence-corrected chi connectivity index (χ4v) is 3.63. The fraction of sp³-hybridized carbons (Fsp3) is 0.611. The van der Waals surface area contributed by atoms with E-state index in [-0.39, 0.29) is 29.7 Å². The normalized spacial score (nSPS) is 24.8. The fourth-order valence-electron chi connectivity index (χ4n) is 3.63. The Hall–Kier alpha value is -1.95. The predicted molar refractivity (Wildman–Crippen MR) is 92.2 cm³/mol. The van der Waals surface area contributed by atoms with E-state index in [9.17, 15) is 9.59 Å². The first-order chi connectivity index (χ1) is 11.5. The van der Waals surface area contributed by atoms with Gasteiger partial charge in [0.2, 0.25) is 11.8 Å². The summed E-state index contributed by atoms with van der Waals surface area (Å²) in [5, 5.41) is 2.87. The maximum Gasteiger partial charge on any atom is 0.228 e. The first-order valence-electron chi connectivity index (χ1n) is 8.81. The lowest BCUT2D eigenvalue weighted by molar-refractivity contribution is -0.138. The maximum absolute atomic E-state index is 12.5. The minimum absolute atomic E-state index is 0.00124. The molecule has 130 valence electrons. The number of carbonyl (C=O) groups excluding carboxylic acids is 2. The minimum atomic E-state index is -0.0528. The highest BCUT2D eigenvalue weighted by Gasteiger charge is 2.34. The second-order valence-electron chi connectivity index (χ2n) is 7.08. The van der Waals surface area contributed by atoms with Crippen molar-refractivity contribution in [1.82, 2.24) is 9.88 Å². The molecule has 2 fully saturated rings. The molecule has 1 aliphatic heterocycles. The molecule has 24 heavy (non-hydrogen) atoms. The molecule has 6 nitrogen and oxygen atoms in total. The number of aromatic nitrogens is 1. The number of hydrogen-bond donors (Lipinski definition) is 2. The molecule has 3 rings (SSSR count). The van der Waals surface area contributed by atoms with Crippen LogP contribution in [0.4, 0.5) is 5.82 Å². The Morgan fingerprint density at radius 2 is 1.92 bits per heavy atom. The molecule has 6 heteroatoms. The van der Waals surface area contributed by atoms with E-state index in [0.717, 1.165) is 24.8 Å². The third kappa shape index (κ3) is 3.93. The smallest absolute Gasteiger partial charge is 0.228 e. The summed E-state index contributed by atoms with van der Waals surface area (Å²) in [6, 6.07) is 3.91. The topological polar surface area (TPSA) is 88.3 Å². The van der Waals surface area contributed by atoms with Crippen LogP contribution in [0.25, 0.3) is 0 Å². The first-order valence-corrected chi connectivity index (χ1v) is 8.81. The molecule has 0 spiro atoms. The quantitative estimate of drug-likeness (QED) is 0.883. The van der Waals surface area contributed by atoms with E-state index in [1.807, 2.05) is 24.0 Å². The number of pyridine rings is 1. The molecule has 1 saturated carbocycles. The van der Waals surface area contributed by atoms with Crippen molar-refractivity contribution < 1.29 is 9.59 Å². The van der Waals surface area contributed by atoms with Crippen molar-refractivity contribution in [3.63, 3.8) is 0 Å². The molecule has 1 aromatic rings. The van der Waals surface area contributed by atoms with Gasteiger partial charge in [0.05, 0.1) is 0 Å². The van der Waals surface area contributed by atoms with Gasteiger partial charge in [0.1, 0.15) is 5.82 Å². The largest absolute Gasteiger partial charge is 0.342 e. The number of piperidine rings is 1. The zero-order valence-corrected chi connectivity index (χ0v) is 14.2. The average molecular weight is 330 g/mol. The molecule has 0 bridgehead atoms. The number of amides is 2. The molecule has 1 aromatic heterocycles. The highest BCUT2D eigenvalue weighted by molar-refractivity contribution is 5.92. The molecule has 1 saturated heterocycles. The Kier molecular flexibility index (Phi) is 5.14. The van der Waals surface area contributed by atoms with E-state index in [1.165, 1.54) is 0 Å². The SMILES string of the molecule is Cc1ccc(NC(=O)C2CCN(C(=O)C3CCC(N)C3)CC2)nc1. The third-order valence-corrected chi connectivity index (χ3v) is 5.16. The van der Waals surface area contributed by atoms with Crippen LogP contribution in [-0.2, 0) is 9.59 Å². The van der Waals surface area contributed by atoms with Crippen molar-refractivity contribution in [3.8, 4) is 0 Å².